The lowest BCUT2D eigenvalue weighted by atomic mass is 10.1. The first kappa shape index (κ1) is 18.4. The van der Waals surface area contributed by atoms with E-state index in [1.54, 1.807) is 0 Å². The highest BCUT2D eigenvalue weighted by atomic mass is 79.9. The molecule has 0 aromatic rings. The van der Waals surface area contributed by atoms with Crippen LogP contribution in [0.5, 0.6) is 0 Å². The molecule has 1 rings (SSSR count). The molecule has 0 aromatic heterocycles. The second-order valence-corrected chi connectivity index (χ2v) is 7.23. The number of hydrogen-bond donors (Lipinski definition) is 0. The minimum Gasteiger partial charge on any atom is -0.353 e. The van der Waals surface area contributed by atoms with Crippen LogP contribution in [-0.4, -0.2) is 24.3 Å². The molecule has 1 saturated heterocycles. The molecule has 1 heterocycles. The number of unbranched alkanes of at least 4 members (excludes halogenated alkanes) is 6. The molecule has 2 atom stereocenters. The van der Waals surface area contributed by atoms with Crippen molar-refractivity contribution in [1.29, 1.82) is 0 Å². The van der Waals surface area contributed by atoms with Crippen molar-refractivity contribution in [2.75, 3.05) is 13.2 Å². The van der Waals surface area contributed by atoms with Crippen molar-refractivity contribution in [3.8, 4) is 0 Å². The molecule has 0 N–H and O–H groups in total. The Morgan fingerprint density at radius 1 is 1.05 bits per heavy atom. The number of rotatable bonds is 12. The van der Waals surface area contributed by atoms with Crippen LogP contribution in [0.2, 0.25) is 0 Å². The van der Waals surface area contributed by atoms with E-state index in [0.29, 0.717) is 0 Å². The summed E-state index contributed by atoms with van der Waals surface area (Å²) < 4.78 is 11.3. The summed E-state index contributed by atoms with van der Waals surface area (Å²) in [6, 6.07) is 0. The molecule has 0 spiro atoms. The van der Waals surface area contributed by atoms with Crippen LogP contribution in [0.15, 0.2) is 0 Å². The molecule has 3 heteroatoms. The maximum atomic E-state index is 5.74. The van der Waals surface area contributed by atoms with Gasteiger partial charge < -0.3 is 9.47 Å². The predicted octanol–water partition coefficient (Wildman–Crippen LogP) is 5.82. The van der Waals surface area contributed by atoms with Crippen molar-refractivity contribution in [3.05, 3.63) is 0 Å². The molecule has 0 aromatic carbocycles. The molecular formula is C17H33BrO2. The summed E-state index contributed by atoms with van der Waals surface area (Å²) in [5, 5.41) is 0. The van der Waals surface area contributed by atoms with Crippen LogP contribution in [-0.2, 0) is 9.47 Å². The van der Waals surface area contributed by atoms with Gasteiger partial charge in [0.15, 0.2) is 6.29 Å². The first-order chi connectivity index (χ1) is 9.83. The van der Waals surface area contributed by atoms with Gasteiger partial charge in [-0.25, -0.2) is 0 Å². The highest BCUT2D eigenvalue weighted by Crippen LogP contribution is 2.16. The van der Waals surface area contributed by atoms with Crippen molar-refractivity contribution in [2.45, 2.75) is 95.1 Å². The van der Waals surface area contributed by atoms with Crippen LogP contribution >= 0.6 is 15.9 Å². The van der Waals surface area contributed by atoms with Crippen LogP contribution in [0.3, 0.4) is 0 Å². The third kappa shape index (κ3) is 10.2. The quantitative estimate of drug-likeness (QED) is 0.326. The third-order valence-corrected chi connectivity index (χ3v) is 5.15. The number of hydrogen-bond acceptors (Lipinski definition) is 2. The Bertz CT molecular complexity index is 205. The zero-order chi connectivity index (χ0) is 14.5. The van der Waals surface area contributed by atoms with Gasteiger partial charge in [0.1, 0.15) is 0 Å². The molecule has 0 bridgehead atoms. The second-order valence-electron chi connectivity index (χ2n) is 5.94. The number of ether oxygens (including phenoxy) is 2. The Balaban J connectivity index is 1.74. The summed E-state index contributed by atoms with van der Waals surface area (Å²) in [6.45, 7) is 4.02. The van der Waals surface area contributed by atoms with Gasteiger partial charge in [0.25, 0.3) is 0 Å². The Labute approximate surface area is 134 Å². The van der Waals surface area contributed by atoms with Gasteiger partial charge in [-0.3, -0.25) is 0 Å². The molecule has 0 saturated carbocycles. The van der Waals surface area contributed by atoms with E-state index in [1.807, 2.05) is 0 Å². The second kappa shape index (κ2) is 13.1. The smallest absolute Gasteiger partial charge is 0.157 e. The van der Waals surface area contributed by atoms with Crippen molar-refractivity contribution < 1.29 is 9.47 Å². The third-order valence-electron chi connectivity index (χ3n) is 4.05. The van der Waals surface area contributed by atoms with E-state index in [4.69, 9.17) is 9.47 Å². The van der Waals surface area contributed by atoms with Gasteiger partial charge in [-0.05, 0) is 38.5 Å². The molecular weight excluding hydrogens is 316 g/mol. The molecule has 0 amide bonds. The number of halogens is 1. The minimum absolute atomic E-state index is 0.0968. The summed E-state index contributed by atoms with van der Waals surface area (Å²) in [5.74, 6) is 0. The van der Waals surface area contributed by atoms with E-state index in [-0.39, 0.29) is 6.29 Å². The van der Waals surface area contributed by atoms with Gasteiger partial charge in [-0.1, -0.05) is 61.4 Å². The average molecular weight is 349 g/mol. The largest absolute Gasteiger partial charge is 0.353 e. The molecule has 0 aliphatic carbocycles. The zero-order valence-corrected chi connectivity index (χ0v) is 14.8. The van der Waals surface area contributed by atoms with Gasteiger partial charge in [0.2, 0.25) is 0 Å². The Morgan fingerprint density at radius 2 is 1.75 bits per heavy atom. The van der Waals surface area contributed by atoms with E-state index in [0.717, 1.165) is 24.5 Å². The van der Waals surface area contributed by atoms with Crippen LogP contribution in [0.4, 0.5) is 0 Å². The van der Waals surface area contributed by atoms with Gasteiger partial charge >= 0.3 is 0 Å². The molecule has 1 fully saturated rings. The van der Waals surface area contributed by atoms with Crippen molar-refractivity contribution in [2.24, 2.45) is 0 Å². The average Bonchev–Trinajstić information content (AvgIpc) is 2.50. The highest BCUT2D eigenvalue weighted by Gasteiger charge is 2.13. The molecule has 1 aliphatic heterocycles. The van der Waals surface area contributed by atoms with Crippen molar-refractivity contribution >= 4 is 15.9 Å². The summed E-state index contributed by atoms with van der Waals surface area (Å²) in [5.41, 5.74) is 0. The molecule has 1 aliphatic rings. The Hall–Kier alpha value is 0.400. The monoisotopic (exact) mass is 348 g/mol. The number of alkyl halides is 1. The van der Waals surface area contributed by atoms with Gasteiger partial charge in [-0.2, -0.15) is 0 Å². The lowest BCUT2D eigenvalue weighted by Crippen LogP contribution is -2.22. The normalized spacial score (nSPS) is 21.0. The van der Waals surface area contributed by atoms with Crippen molar-refractivity contribution in [1.82, 2.24) is 0 Å². The van der Waals surface area contributed by atoms with Gasteiger partial charge in [-0.15, -0.1) is 0 Å². The molecule has 2 nitrogen and oxygen atoms in total. The Morgan fingerprint density at radius 3 is 2.40 bits per heavy atom. The Kier molecular flexibility index (Phi) is 12.1. The van der Waals surface area contributed by atoms with Gasteiger partial charge in [0, 0.05) is 18.0 Å². The molecule has 120 valence electrons. The lowest BCUT2D eigenvalue weighted by Gasteiger charge is -2.22. The highest BCUT2D eigenvalue weighted by molar-refractivity contribution is 9.09. The van der Waals surface area contributed by atoms with E-state index >= 15 is 0 Å². The fourth-order valence-corrected chi connectivity index (χ4v) is 2.94. The zero-order valence-electron chi connectivity index (χ0n) is 13.2. The molecule has 0 radical (unpaired) electrons. The first-order valence-electron chi connectivity index (χ1n) is 8.70. The van der Waals surface area contributed by atoms with Crippen molar-refractivity contribution in [3.63, 3.8) is 0 Å². The lowest BCUT2D eigenvalue weighted by molar-refractivity contribution is -0.162. The maximum absolute atomic E-state index is 5.74. The summed E-state index contributed by atoms with van der Waals surface area (Å²) in [4.78, 5) is 0.738. The predicted molar refractivity (Wildman–Crippen MR) is 89.5 cm³/mol. The topological polar surface area (TPSA) is 18.5 Å². The first-order valence-corrected chi connectivity index (χ1v) is 9.61. The summed E-state index contributed by atoms with van der Waals surface area (Å²) in [6.07, 6.45) is 15.7. The van der Waals surface area contributed by atoms with Crippen LogP contribution in [0.25, 0.3) is 0 Å². The molecule has 20 heavy (non-hydrogen) atoms. The summed E-state index contributed by atoms with van der Waals surface area (Å²) >= 11 is 3.70. The fraction of sp³-hybridized carbons (Fsp3) is 1.00. The standard InChI is InChI=1S/C17H33BrO2/c1-2-16(18)12-8-6-4-3-5-7-10-14-19-17-13-9-11-15-20-17/h16-17H,2-15H2,1H3. The molecule has 2 unspecified atom stereocenters. The van der Waals surface area contributed by atoms with Crippen LogP contribution < -0.4 is 0 Å². The van der Waals surface area contributed by atoms with E-state index in [9.17, 15) is 0 Å². The van der Waals surface area contributed by atoms with E-state index < -0.39 is 0 Å². The van der Waals surface area contributed by atoms with Gasteiger partial charge in [0.05, 0.1) is 0 Å². The maximum Gasteiger partial charge on any atom is 0.157 e. The van der Waals surface area contributed by atoms with Crippen LogP contribution in [0.1, 0.15) is 84.0 Å². The summed E-state index contributed by atoms with van der Waals surface area (Å²) in [7, 11) is 0. The van der Waals surface area contributed by atoms with E-state index in [1.165, 1.54) is 70.6 Å². The fourth-order valence-electron chi connectivity index (χ4n) is 2.61. The van der Waals surface area contributed by atoms with E-state index in [2.05, 4.69) is 22.9 Å². The SMILES string of the molecule is CCC(Br)CCCCCCCCCOC1CCCCO1. The van der Waals surface area contributed by atoms with Crippen LogP contribution in [0, 0.1) is 0 Å². The minimum atomic E-state index is 0.0968.